The standard InChI is InChI=1S/C15H11N3O/c19-13-7-14(11-3-1-5-16-9-11)18-15(8-13)12-4-2-6-17-10-12/h1-10H,(H,18,19). The summed E-state index contributed by atoms with van der Waals surface area (Å²) < 4.78 is 0. The van der Waals surface area contributed by atoms with E-state index in [9.17, 15) is 4.79 Å². The van der Waals surface area contributed by atoms with Crippen molar-refractivity contribution in [1.29, 1.82) is 0 Å². The fourth-order valence-electron chi connectivity index (χ4n) is 1.90. The lowest BCUT2D eigenvalue weighted by molar-refractivity contribution is 1.25. The van der Waals surface area contributed by atoms with Crippen LogP contribution in [-0.4, -0.2) is 15.0 Å². The molecule has 0 radical (unpaired) electrons. The first-order valence-corrected chi connectivity index (χ1v) is 5.88. The number of hydrogen-bond donors (Lipinski definition) is 1. The number of nitrogens with one attached hydrogen (secondary N) is 1. The molecule has 3 heterocycles. The highest BCUT2D eigenvalue weighted by atomic mass is 16.1. The average molecular weight is 249 g/mol. The minimum absolute atomic E-state index is 0.0449. The van der Waals surface area contributed by atoms with E-state index in [2.05, 4.69) is 15.0 Å². The number of rotatable bonds is 2. The summed E-state index contributed by atoms with van der Waals surface area (Å²) >= 11 is 0. The zero-order valence-corrected chi connectivity index (χ0v) is 10.1. The summed E-state index contributed by atoms with van der Waals surface area (Å²) in [4.78, 5) is 23.2. The maximum atomic E-state index is 11.8. The molecule has 1 N–H and O–H groups in total. The first kappa shape index (κ1) is 11.3. The number of hydrogen-bond acceptors (Lipinski definition) is 3. The van der Waals surface area contributed by atoms with E-state index in [4.69, 9.17) is 0 Å². The minimum Gasteiger partial charge on any atom is -0.354 e. The Labute approximate surface area is 109 Å². The summed E-state index contributed by atoms with van der Waals surface area (Å²) in [7, 11) is 0. The van der Waals surface area contributed by atoms with E-state index >= 15 is 0 Å². The molecule has 0 aromatic carbocycles. The van der Waals surface area contributed by atoms with E-state index in [1.54, 1.807) is 36.9 Å². The van der Waals surface area contributed by atoms with Crippen molar-refractivity contribution in [3.05, 3.63) is 71.4 Å². The SMILES string of the molecule is O=c1cc(-c2cccnc2)[nH]c(-c2cccnc2)c1. The second-order valence-electron chi connectivity index (χ2n) is 4.13. The van der Waals surface area contributed by atoms with Gasteiger partial charge in [0.05, 0.1) is 11.4 Å². The zero-order chi connectivity index (χ0) is 13.1. The van der Waals surface area contributed by atoms with Crippen molar-refractivity contribution in [2.45, 2.75) is 0 Å². The predicted molar refractivity (Wildman–Crippen MR) is 73.5 cm³/mol. The fraction of sp³-hybridized carbons (Fsp3) is 0. The molecule has 3 aromatic heterocycles. The molecular formula is C15H11N3O. The molecule has 0 saturated heterocycles. The Morgan fingerprint density at radius 3 is 1.79 bits per heavy atom. The third kappa shape index (κ3) is 2.42. The minimum atomic E-state index is -0.0449. The molecule has 0 unspecified atom stereocenters. The van der Waals surface area contributed by atoms with Crippen LogP contribution >= 0.6 is 0 Å². The van der Waals surface area contributed by atoms with Crippen LogP contribution in [0.2, 0.25) is 0 Å². The Kier molecular flexibility index (Phi) is 2.90. The largest absolute Gasteiger partial charge is 0.354 e. The van der Waals surface area contributed by atoms with Gasteiger partial charge in [0.1, 0.15) is 0 Å². The molecule has 4 heteroatoms. The van der Waals surface area contributed by atoms with Crippen LogP contribution in [0.1, 0.15) is 0 Å². The molecule has 0 atom stereocenters. The molecule has 4 nitrogen and oxygen atoms in total. The lowest BCUT2D eigenvalue weighted by Crippen LogP contribution is -2.02. The van der Waals surface area contributed by atoms with E-state index in [0.29, 0.717) is 0 Å². The predicted octanol–water partition coefficient (Wildman–Crippen LogP) is 2.50. The second kappa shape index (κ2) is 4.86. The molecule has 0 aliphatic heterocycles. The maximum absolute atomic E-state index is 11.8. The molecule has 0 bridgehead atoms. The van der Waals surface area contributed by atoms with Crippen LogP contribution in [0.15, 0.2) is 66.0 Å². The van der Waals surface area contributed by atoms with Gasteiger partial charge in [-0.25, -0.2) is 0 Å². The average Bonchev–Trinajstić information content (AvgIpc) is 2.48. The summed E-state index contributed by atoms with van der Waals surface area (Å²) in [6.45, 7) is 0. The van der Waals surface area contributed by atoms with Crippen LogP contribution in [0.5, 0.6) is 0 Å². The highest BCUT2D eigenvalue weighted by molar-refractivity contribution is 5.64. The summed E-state index contributed by atoms with van der Waals surface area (Å²) in [5.41, 5.74) is 3.21. The highest BCUT2D eigenvalue weighted by Crippen LogP contribution is 2.19. The molecule has 3 rings (SSSR count). The Hall–Kier alpha value is -2.75. The van der Waals surface area contributed by atoms with Crippen LogP contribution in [0.25, 0.3) is 22.5 Å². The van der Waals surface area contributed by atoms with Crippen LogP contribution in [-0.2, 0) is 0 Å². The number of nitrogens with zero attached hydrogens (tertiary/aromatic N) is 2. The molecule has 0 amide bonds. The number of aromatic amines is 1. The lowest BCUT2D eigenvalue weighted by atomic mass is 10.1. The van der Waals surface area contributed by atoms with Gasteiger partial charge in [0.2, 0.25) is 0 Å². The molecular weight excluding hydrogens is 238 g/mol. The van der Waals surface area contributed by atoms with Gasteiger partial charge in [-0.15, -0.1) is 0 Å². The normalized spacial score (nSPS) is 10.3. The van der Waals surface area contributed by atoms with Gasteiger partial charge in [0, 0.05) is 48.0 Å². The molecule has 0 fully saturated rings. The van der Waals surface area contributed by atoms with E-state index < -0.39 is 0 Å². The first-order valence-electron chi connectivity index (χ1n) is 5.88. The van der Waals surface area contributed by atoms with Crippen molar-refractivity contribution in [3.8, 4) is 22.5 Å². The molecule has 3 aromatic rings. The number of H-pyrrole nitrogens is 1. The van der Waals surface area contributed by atoms with Gasteiger partial charge >= 0.3 is 0 Å². The zero-order valence-electron chi connectivity index (χ0n) is 10.1. The second-order valence-corrected chi connectivity index (χ2v) is 4.13. The topological polar surface area (TPSA) is 58.6 Å². The molecule has 0 aliphatic rings. The molecule has 0 spiro atoms. The van der Waals surface area contributed by atoms with Gasteiger partial charge in [-0.3, -0.25) is 14.8 Å². The number of aromatic nitrogens is 3. The van der Waals surface area contributed by atoms with Crippen LogP contribution in [0.4, 0.5) is 0 Å². The van der Waals surface area contributed by atoms with Crippen molar-refractivity contribution >= 4 is 0 Å². The van der Waals surface area contributed by atoms with E-state index in [1.165, 1.54) is 0 Å². The Balaban J connectivity index is 2.15. The van der Waals surface area contributed by atoms with Crippen LogP contribution < -0.4 is 5.43 Å². The van der Waals surface area contributed by atoms with Crippen LogP contribution in [0.3, 0.4) is 0 Å². The van der Waals surface area contributed by atoms with Crippen molar-refractivity contribution in [2.75, 3.05) is 0 Å². The van der Waals surface area contributed by atoms with Gasteiger partial charge in [-0.05, 0) is 24.3 Å². The smallest absolute Gasteiger partial charge is 0.182 e. The fourth-order valence-corrected chi connectivity index (χ4v) is 1.90. The summed E-state index contributed by atoms with van der Waals surface area (Å²) in [6, 6.07) is 10.6. The molecule has 0 saturated carbocycles. The summed E-state index contributed by atoms with van der Waals surface area (Å²) in [6.07, 6.45) is 6.84. The lowest BCUT2D eigenvalue weighted by Gasteiger charge is -2.05. The van der Waals surface area contributed by atoms with Gasteiger partial charge < -0.3 is 4.98 Å². The van der Waals surface area contributed by atoms with Gasteiger partial charge in [0.25, 0.3) is 0 Å². The van der Waals surface area contributed by atoms with E-state index in [1.807, 2.05) is 24.3 Å². The Morgan fingerprint density at radius 2 is 1.37 bits per heavy atom. The molecule has 19 heavy (non-hydrogen) atoms. The first-order chi connectivity index (χ1) is 9.33. The molecule has 92 valence electrons. The Bertz CT molecular complexity index is 675. The van der Waals surface area contributed by atoms with Crippen LogP contribution in [0, 0.1) is 0 Å². The van der Waals surface area contributed by atoms with Crippen molar-refractivity contribution in [1.82, 2.24) is 15.0 Å². The third-order valence-electron chi connectivity index (χ3n) is 2.79. The Morgan fingerprint density at radius 1 is 0.842 bits per heavy atom. The maximum Gasteiger partial charge on any atom is 0.182 e. The monoisotopic (exact) mass is 249 g/mol. The summed E-state index contributed by atoms with van der Waals surface area (Å²) in [5, 5.41) is 0. The number of pyridine rings is 3. The quantitative estimate of drug-likeness (QED) is 0.759. The van der Waals surface area contributed by atoms with Gasteiger partial charge in [-0.1, -0.05) is 0 Å². The third-order valence-corrected chi connectivity index (χ3v) is 2.79. The van der Waals surface area contributed by atoms with Gasteiger partial charge in [-0.2, -0.15) is 0 Å². The van der Waals surface area contributed by atoms with Crippen molar-refractivity contribution in [3.63, 3.8) is 0 Å². The highest BCUT2D eigenvalue weighted by Gasteiger charge is 2.04. The van der Waals surface area contributed by atoms with E-state index in [0.717, 1.165) is 22.5 Å². The van der Waals surface area contributed by atoms with Crippen molar-refractivity contribution < 1.29 is 0 Å². The van der Waals surface area contributed by atoms with Crippen molar-refractivity contribution in [2.24, 2.45) is 0 Å². The van der Waals surface area contributed by atoms with Gasteiger partial charge in [0.15, 0.2) is 5.43 Å². The van der Waals surface area contributed by atoms with E-state index in [-0.39, 0.29) is 5.43 Å². The summed E-state index contributed by atoms with van der Waals surface area (Å²) in [5.74, 6) is 0. The molecule has 0 aliphatic carbocycles.